The van der Waals surface area contributed by atoms with Crippen LogP contribution in [0.1, 0.15) is 82.5 Å². The number of aliphatic hydroxyl groups excluding tert-OH is 1. The molecular weight excluding hydrogens is 610 g/mol. The molecule has 2 aliphatic rings. The van der Waals surface area contributed by atoms with Gasteiger partial charge in [0, 0.05) is 57.5 Å². The molecule has 4 rings (SSSR count). The molecule has 1 saturated carbocycles. The highest BCUT2D eigenvalue weighted by Crippen LogP contribution is 2.30. The number of anilines is 1. The number of aromatic nitrogens is 2. The Morgan fingerprint density at radius 3 is 2.54 bits per heavy atom. The summed E-state index contributed by atoms with van der Waals surface area (Å²) in [7, 11) is -0.656. The lowest BCUT2D eigenvalue weighted by Crippen LogP contribution is -2.48. The molecule has 1 aromatic heterocycles. The molecule has 13 heteroatoms. The van der Waals surface area contributed by atoms with Crippen LogP contribution in [-0.2, 0) is 26.6 Å². The fourth-order valence-electron chi connectivity index (χ4n) is 6.11. The molecule has 2 heterocycles. The fraction of sp³-hybridized carbons (Fsp3) is 0.667. The minimum atomic E-state index is -3.87. The number of ether oxygens (including phenoxy) is 2. The van der Waals surface area contributed by atoms with Crippen LogP contribution in [0.25, 0.3) is 0 Å². The van der Waals surface area contributed by atoms with Gasteiger partial charge in [-0.3, -0.25) is 9.59 Å². The Hall–Kier alpha value is -3.00. The Morgan fingerprint density at radius 2 is 1.87 bits per heavy atom. The summed E-state index contributed by atoms with van der Waals surface area (Å²) in [6.45, 7) is 6.03. The predicted octanol–water partition coefficient (Wildman–Crippen LogP) is 4.06. The van der Waals surface area contributed by atoms with Crippen molar-refractivity contribution < 1.29 is 32.6 Å². The number of hydrogen-bond donors (Lipinski definition) is 2. The molecule has 1 aromatic carbocycles. The average Bonchev–Trinajstić information content (AvgIpc) is 3.49. The third-order valence-electron chi connectivity index (χ3n) is 9.09. The highest BCUT2D eigenvalue weighted by molar-refractivity contribution is 7.89. The van der Waals surface area contributed by atoms with Crippen molar-refractivity contribution in [1.29, 1.82) is 0 Å². The average molecular weight is 662 g/mol. The van der Waals surface area contributed by atoms with Crippen molar-refractivity contribution in [2.45, 2.75) is 95.4 Å². The normalized spacial score (nSPS) is 23.3. The molecule has 0 bridgehead atoms. The summed E-state index contributed by atoms with van der Waals surface area (Å²) < 4.78 is 42.0. The predicted molar refractivity (Wildman–Crippen MR) is 175 cm³/mol. The maximum atomic E-state index is 14.3. The molecule has 2 N–H and O–H groups in total. The van der Waals surface area contributed by atoms with Crippen molar-refractivity contribution >= 4 is 27.5 Å². The summed E-state index contributed by atoms with van der Waals surface area (Å²) in [5.41, 5.74) is 0.817. The number of carbonyl (C=O) groups excluding carboxylic acids is 2. The number of hydrogen-bond acceptors (Lipinski definition) is 8. The topological polar surface area (TPSA) is 143 Å². The standard InChI is InChI=1S/C33H51N5O7S/c1-23-18-38(24(2)21-39)33(41)28-17-27(35-32(40)26-12-7-6-8-13-26)14-15-29(28)45-25(3)11-9-10-16-44-30(23)19-37(5)46(42,43)31-20-36(4)22-34-31/h14-15,17,20,22-26,30,39H,6-13,16,18-19,21H2,1-5H3,(H,35,40)/t23-,24-,25+,30-/m0/s1. The Morgan fingerprint density at radius 1 is 1.15 bits per heavy atom. The first-order valence-electron chi connectivity index (χ1n) is 16.5. The van der Waals surface area contributed by atoms with Crippen LogP contribution < -0.4 is 10.1 Å². The van der Waals surface area contributed by atoms with Crippen LogP contribution >= 0.6 is 0 Å². The molecule has 2 aromatic rings. The summed E-state index contributed by atoms with van der Waals surface area (Å²) in [6.07, 6.45) is 9.40. The SMILES string of the molecule is C[C@@H]1CCCCO[C@@H](CN(C)S(=O)(=O)c2cn(C)cn2)[C@@H](C)CN([C@@H](C)CO)C(=O)c2cc(NC(=O)C3CCCCC3)ccc2O1. The van der Waals surface area contributed by atoms with Crippen molar-refractivity contribution in [2.75, 3.05) is 38.7 Å². The second kappa shape index (κ2) is 16.2. The first kappa shape index (κ1) is 35.8. The van der Waals surface area contributed by atoms with Crippen molar-refractivity contribution in [3.05, 3.63) is 36.3 Å². The van der Waals surface area contributed by atoms with Crippen LogP contribution in [0.2, 0.25) is 0 Å². The van der Waals surface area contributed by atoms with Gasteiger partial charge in [0.15, 0.2) is 5.03 Å². The number of rotatable bonds is 8. The third-order valence-corrected chi connectivity index (χ3v) is 10.8. The van der Waals surface area contributed by atoms with Gasteiger partial charge in [-0.05, 0) is 64.2 Å². The number of benzene rings is 1. The van der Waals surface area contributed by atoms with Gasteiger partial charge >= 0.3 is 0 Å². The van der Waals surface area contributed by atoms with E-state index in [0.717, 1.165) is 51.4 Å². The Kier molecular flexibility index (Phi) is 12.6. The molecule has 0 unspecified atom stereocenters. The van der Waals surface area contributed by atoms with Crippen molar-refractivity contribution in [1.82, 2.24) is 18.8 Å². The van der Waals surface area contributed by atoms with Gasteiger partial charge in [0.25, 0.3) is 15.9 Å². The second-order valence-corrected chi connectivity index (χ2v) is 15.0. The number of aliphatic hydroxyl groups is 1. The molecule has 1 fully saturated rings. The lowest BCUT2D eigenvalue weighted by molar-refractivity contribution is -0.120. The number of nitrogens with one attached hydrogen (secondary N) is 1. The van der Waals surface area contributed by atoms with E-state index in [1.807, 2.05) is 13.8 Å². The summed E-state index contributed by atoms with van der Waals surface area (Å²) in [6, 6.07) is 4.62. The summed E-state index contributed by atoms with van der Waals surface area (Å²) >= 11 is 0. The zero-order valence-corrected chi connectivity index (χ0v) is 28.7. The molecule has 0 saturated heterocycles. The van der Waals surface area contributed by atoms with Crippen molar-refractivity contribution in [2.24, 2.45) is 18.9 Å². The zero-order valence-electron chi connectivity index (χ0n) is 27.9. The molecule has 2 amide bonds. The van der Waals surface area contributed by atoms with Crippen molar-refractivity contribution in [3.63, 3.8) is 0 Å². The first-order valence-corrected chi connectivity index (χ1v) is 17.9. The fourth-order valence-corrected chi connectivity index (χ4v) is 7.25. The van der Waals surface area contributed by atoms with Crippen LogP contribution in [0.5, 0.6) is 5.75 Å². The number of fused-ring (bicyclic) bond motifs is 1. The van der Waals surface area contributed by atoms with Gasteiger partial charge in [-0.15, -0.1) is 0 Å². The van der Waals surface area contributed by atoms with Crippen LogP contribution in [-0.4, -0.2) is 95.7 Å². The van der Waals surface area contributed by atoms with Gasteiger partial charge in [0.1, 0.15) is 5.75 Å². The molecule has 0 radical (unpaired) electrons. The highest BCUT2D eigenvalue weighted by atomic mass is 32.2. The van der Waals surface area contributed by atoms with Crippen LogP contribution in [0, 0.1) is 11.8 Å². The van der Waals surface area contributed by atoms with E-state index in [1.165, 1.54) is 23.9 Å². The van der Waals surface area contributed by atoms with Crippen molar-refractivity contribution in [3.8, 4) is 5.75 Å². The minimum absolute atomic E-state index is 0.0405. The van der Waals surface area contributed by atoms with Gasteiger partial charge in [0.05, 0.1) is 36.7 Å². The largest absolute Gasteiger partial charge is 0.490 e. The molecular formula is C33H51N5O7S. The number of sulfonamides is 1. The molecule has 256 valence electrons. The lowest BCUT2D eigenvalue weighted by atomic mass is 9.88. The maximum absolute atomic E-state index is 14.3. The van der Waals surface area contributed by atoms with E-state index in [4.69, 9.17) is 9.47 Å². The Balaban J connectivity index is 1.63. The monoisotopic (exact) mass is 661 g/mol. The van der Waals surface area contributed by atoms with Gasteiger partial charge < -0.3 is 29.4 Å². The van der Waals surface area contributed by atoms with Crippen LogP contribution in [0.4, 0.5) is 5.69 Å². The quantitative estimate of drug-likeness (QED) is 0.432. The maximum Gasteiger partial charge on any atom is 0.261 e. The van der Waals surface area contributed by atoms with Gasteiger partial charge in [-0.25, -0.2) is 13.4 Å². The van der Waals surface area contributed by atoms with E-state index in [-0.39, 0.29) is 54.5 Å². The molecule has 1 aliphatic carbocycles. The Labute approximate surface area is 273 Å². The number of amides is 2. The number of aryl methyl sites for hydroxylation is 1. The van der Waals surface area contributed by atoms with E-state index in [1.54, 1.807) is 41.6 Å². The highest BCUT2D eigenvalue weighted by Gasteiger charge is 2.33. The van der Waals surface area contributed by atoms with E-state index in [9.17, 15) is 23.1 Å². The Bertz CT molecular complexity index is 1430. The summed E-state index contributed by atoms with van der Waals surface area (Å²) in [5, 5.41) is 13.2. The molecule has 0 spiro atoms. The van der Waals surface area contributed by atoms with Gasteiger partial charge in [-0.1, -0.05) is 26.2 Å². The molecule has 12 nitrogen and oxygen atoms in total. The number of imidazole rings is 1. The summed E-state index contributed by atoms with van der Waals surface area (Å²) in [4.78, 5) is 33.0. The first-order chi connectivity index (χ1) is 21.9. The lowest BCUT2D eigenvalue weighted by Gasteiger charge is -2.35. The van der Waals surface area contributed by atoms with Gasteiger partial charge in [-0.2, -0.15) is 4.31 Å². The van der Waals surface area contributed by atoms with Gasteiger partial charge in [0.2, 0.25) is 5.91 Å². The number of likely N-dealkylation sites (N-methyl/N-ethyl adjacent to an activating group) is 1. The van der Waals surface area contributed by atoms with E-state index >= 15 is 0 Å². The van der Waals surface area contributed by atoms with E-state index in [0.29, 0.717) is 23.6 Å². The summed E-state index contributed by atoms with van der Waals surface area (Å²) in [5.74, 6) is -0.324. The molecule has 46 heavy (non-hydrogen) atoms. The van der Waals surface area contributed by atoms with Crippen LogP contribution in [0.3, 0.4) is 0 Å². The molecule has 1 aliphatic heterocycles. The number of nitrogens with zero attached hydrogens (tertiary/aromatic N) is 4. The van der Waals surface area contributed by atoms with E-state index in [2.05, 4.69) is 10.3 Å². The second-order valence-electron chi connectivity index (χ2n) is 13.0. The zero-order chi connectivity index (χ0) is 33.4. The van der Waals surface area contributed by atoms with E-state index < -0.39 is 22.2 Å². The molecule has 4 atom stereocenters. The minimum Gasteiger partial charge on any atom is -0.490 e. The number of carbonyl (C=O) groups is 2. The smallest absolute Gasteiger partial charge is 0.261 e. The van der Waals surface area contributed by atoms with Crippen LogP contribution in [0.15, 0.2) is 35.7 Å². The third kappa shape index (κ3) is 9.08.